The van der Waals surface area contributed by atoms with Gasteiger partial charge >= 0.3 is 0 Å². The first-order chi connectivity index (χ1) is 5.59. The molecule has 0 bridgehead atoms. The first-order valence-corrected chi connectivity index (χ1v) is 3.54. The summed E-state index contributed by atoms with van der Waals surface area (Å²) in [6.07, 6.45) is 0. The van der Waals surface area contributed by atoms with Crippen LogP contribution >= 0.6 is 0 Å². The van der Waals surface area contributed by atoms with Crippen molar-refractivity contribution in [2.75, 3.05) is 34.9 Å². The fraction of sp³-hybridized carbons (Fsp3) is 0.714. The maximum Gasteiger partial charge on any atom is 0.294 e. The standard InChI is InChI=1S/C7H15N3O2/c1-9(2)7(10(3)4)8-5-12-6-11/h6H,5H2,1-4H3. The molecule has 12 heavy (non-hydrogen) atoms. The quantitative estimate of drug-likeness (QED) is 0.252. The number of hydrogen-bond acceptors (Lipinski definition) is 3. The van der Waals surface area contributed by atoms with E-state index in [-0.39, 0.29) is 6.73 Å². The van der Waals surface area contributed by atoms with E-state index in [2.05, 4.69) is 9.73 Å². The average Bonchev–Trinajstić information content (AvgIpc) is 1.96. The van der Waals surface area contributed by atoms with Crippen LogP contribution in [0, 0.1) is 0 Å². The van der Waals surface area contributed by atoms with E-state index in [1.807, 2.05) is 38.0 Å². The van der Waals surface area contributed by atoms with Gasteiger partial charge in [-0.2, -0.15) is 0 Å². The fourth-order valence-corrected chi connectivity index (χ4v) is 0.808. The van der Waals surface area contributed by atoms with E-state index < -0.39 is 0 Å². The molecule has 70 valence electrons. The van der Waals surface area contributed by atoms with Gasteiger partial charge < -0.3 is 14.5 Å². The Morgan fingerprint density at radius 1 is 1.33 bits per heavy atom. The number of carbonyl (C=O) groups is 1. The van der Waals surface area contributed by atoms with Crippen LogP contribution in [0.15, 0.2) is 4.99 Å². The topological polar surface area (TPSA) is 45.1 Å². The Morgan fingerprint density at radius 3 is 2.17 bits per heavy atom. The summed E-state index contributed by atoms with van der Waals surface area (Å²) in [6.45, 7) is 0.446. The van der Waals surface area contributed by atoms with Crippen molar-refractivity contribution in [3.63, 3.8) is 0 Å². The number of rotatable bonds is 3. The van der Waals surface area contributed by atoms with Gasteiger partial charge in [0.15, 0.2) is 12.7 Å². The normalized spacial score (nSPS) is 8.67. The van der Waals surface area contributed by atoms with E-state index in [0.29, 0.717) is 6.47 Å². The van der Waals surface area contributed by atoms with Crippen LogP contribution in [-0.2, 0) is 9.53 Å². The van der Waals surface area contributed by atoms with Gasteiger partial charge in [0.05, 0.1) is 0 Å². The van der Waals surface area contributed by atoms with E-state index in [1.165, 1.54) is 0 Å². The summed E-state index contributed by atoms with van der Waals surface area (Å²) in [5, 5.41) is 0. The third-order valence-corrected chi connectivity index (χ3v) is 1.15. The molecule has 0 spiro atoms. The van der Waals surface area contributed by atoms with Gasteiger partial charge in [-0.15, -0.1) is 0 Å². The molecular formula is C7H15N3O2. The number of hydrogen-bond donors (Lipinski definition) is 0. The molecule has 0 unspecified atom stereocenters. The third-order valence-electron chi connectivity index (χ3n) is 1.15. The lowest BCUT2D eigenvalue weighted by Gasteiger charge is -2.22. The Hall–Kier alpha value is -1.26. The first kappa shape index (κ1) is 10.7. The predicted molar refractivity (Wildman–Crippen MR) is 46.8 cm³/mol. The molecule has 0 saturated carbocycles. The lowest BCUT2D eigenvalue weighted by molar-refractivity contribution is -0.128. The Labute approximate surface area is 72.6 Å². The van der Waals surface area contributed by atoms with Crippen molar-refractivity contribution in [1.29, 1.82) is 0 Å². The highest BCUT2D eigenvalue weighted by molar-refractivity contribution is 5.79. The molecule has 0 rings (SSSR count). The zero-order valence-electron chi connectivity index (χ0n) is 7.94. The van der Waals surface area contributed by atoms with Gasteiger partial charge in [-0.05, 0) is 0 Å². The van der Waals surface area contributed by atoms with Crippen molar-refractivity contribution in [3.05, 3.63) is 0 Å². The average molecular weight is 173 g/mol. The molecule has 0 aromatic heterocycles. The van der Waals surface area contributed by atoms with Crippen molar-refractivity contribution >= 4 is 12.4 Å². The lowest BCUT2D eigenvalue weighted by atomic mass is 10.7. The molecule has 0 aliphatic rings. The van der Waals surface area contributed by atoms with Crippen LogP contribution in [0.25, 0.3) is 0 Å². The SMILES string of the molecule is CN(C)C(=NCOC=O)N(C)C. The van der Waals surface area contributed by atoms with Crippen molar-refractivity contribution in [3.8, 4) is 0 Å². The van der Waals surface area contributed by atoms with Crippen LogP contribution in [0.1, 0.15) is 0 Å². The molecule has 0 aliphatic carbocycles. The van der Waals surface area contributed by atoms with E-state index in [4.69, 9.17) is 0 Å². The highest BCUT2D eigenvalue weighted by atomic mass is 16.5. The van der Waals surface area contributed by atoms with Crippen molar-refractivity contribution < 1.29 is 9.53 Å². The summed E-state index contributed by atoms with van der Waals surface area (Å²) < 4.78 is 4.44. The van der Waals surface area contributed by atoms with E-state index in [1.54, 1.807) is 0 Å². The predicted octanol–water partition coefficient (Wildman–Crippen LogP) is -0.404. The Morgan fingerprint density at radius 2 is 1.83 bits per heavy atom. The van der Waals surface area contributed by atoms with Gasteiger partial charge in [0.2, 0.25) is 0 Å². The van der Waals surface area contributed by atoms with Crippen LogP contribution in [0.4, 0.5) is 0 Å². The Bertz CT molecular complexity index is 156. The Kier molecular flexibility index (Phi) is 4.83. The van der Waals surface area contributed by atoms with Gasteiger partial charge in [0.25, 0.3) is 6.47 Å². The molecular weight excluding hydrogens is 158 g/mol. The zero-order chi connectivity index (χ0) is 9.56. The molecule has 0 heterocycles. The minimum Gasteiger partial charge on any atom is -0.444 e. The monoisotopic (exact) mass is 173 g/mol. The van der Waals surface area contributed by atoms with E-state index in [9.17, 15) is 4.79 Å². The van der Waals surface area contributed by atoms with Gasteiger partial charge in [-0.3, -0.25) is 4.79 Å². The molecule has 0 aliphatic heterocycles. The van der Waals surface area contributed by atoms with E-state index >= 15 is 0 Å². The van der Waals surface area contributed by atoms with Crippen molar-refractivity contribution in [1.82, 2.24) is 9.80 Å². The van der Waals surface area contributed by atoms with Crippen LogP contribution in [0.3, 0.4) is 0 Å². The minimum absolute atomic E-state index is 0.0647. The van der Waals surface area contributed by atoms with Gasteiger partial charge in [0, 0.05) is 28.2 Å². The second kappa shape index (κ2) is 5.40. The summed E-state index contributed by atoms with van der Waals surface area (Å²) in [5.41, 5.74) is 0. The van der Waals surface area contributed by atoms with Crippen LogP contribution < -0.4 is 0 Å². The molecule has 5 nitrogen and oxygen atoms in total. The summed E-state index contributed by atoms with van der Waals surface area (Å²) in [6, 6.07) is 0. The second-order valence-electron chi connectivity index (χ2n) is 2.64. The maximum absolute atomic E-state index is 9.81. The van der Waals surface area contributed by atoms with Crippen molar-refractivity contribution in [2.24, 2.45) is 4.99 Å². The summed E-state index contributed by atoms with van der Waals surface area (Å²) in [5.74, 6) is 0.761. The molecule has 0 amide bonds. The lowest BCUT2D eigenvalue weighted by Crippen LogP contribution is -2.35. The highest BCUT2D eigenvalue weighted by Crippen LogP contribution is 1.88. The van der Waals surface area contributed by atoms with Gasteiger partial charge in [-0.25, -0.2) is 4.99 Å². The smallest absolute Gasteiger partial charge is 0.294 e. The first-order valence-electron chi connectivity index (χ1n) is 3.54. The number of guanidine groups is 1. The molecule has 0 fully saturated rings. The molecule has 0 atom stereocenters. The van der Waals surface area contributed by atoms with Crippen LogP contribution in [-0.4, -0.2) is 57.2 Å². The summed E-state index contributed by atoms with van der Waals surface area (Å²) >= 11 is 0. The number of ether oxygens (including phenoxy) is 1. The molecule has 5 heteroatoms. The minimum atomic E-state index is 0.0647. The number of aliphatic imine (C=N–C) groups is 1. The number of carbonyl (C=O) groups excluding carboxylic acids is 1. The van der Waals surface area contributed by atoms with Crippen LogP contribution in [0.5, 0.6) is 0 Å². The number of nitrogens with zero attached hydrogens (tertiary/aromatic N) is 3. The summed E-state index contributed by atoms with van der Waals surface area (Å²) in [4.78, 5) is 17.5. The largest absolute Gasteiger partial charge is 0.444 e. The molecule has 0 radical (unpaired) electrons. The fourth-order valence-electron chi connectivity index (χ4n) is 0.808. The van der Waals surface area contributed by atoms with Gasteiger partial charge in [-0.1, -0.05) is 0 Å². The second-order valence-corrected chi connectivity index (χ2v) is 2.64. The maximum atomic E-state index is 9.81. The molecule has 0 N–H and O–H groups in total. The van der Waals surface area contributed by atoms with E-state index in [0.717, 1.165) is 5.96 Å². The zero-order valence-corrected chi connectivity index (χ0v) is 7.94. The molecule has 0 aromatic carbocycles. The Balaban J connectivity index is 4.09. The van der Waals surface area contributed by atoms with Crippen LogP contribution in [0.2, 0.25) is 0 Å². The van der Waals surface area contributed by atoms with Crippen molar-refractivity contribution in [2.45, 2.75) is 0 Å². The highest BCUT2D eigenvalue weighted by Gasteiger charge is 2.02. The molecule has 0 saturated heterocycles. The molecule has 0 aromatic rings. The van der Waals surface area contributed by atoms with Gasteiger partial charge in [0.1, 0.15) is 0 Å². The third kappa shape index (κ3) is 3.80. The summed E-state index contributed by atoms with van der Waals surface area (Å²) in [7, 11) is 7.50.